The fourth-order valence-electron chi connectivity index (χ4n) is 1.48. The summed E-state index contributed by atoms with van der Waals surface area (Å²) in [4.78, 5) is 8.34. The Hall–Kier alpha value is -2.01. The molecule has 3 rings (SSSR count). The van der Waals surface area contributed by atoms with Crippen LogP contribution < -0.4 is 4.73 Å². The zero-order chi connectivity index (χ0) is 11.0. The van der Waals surface area contributed by atoms with Crippen molar-refractivity contribution >= 4 is 21.6 Å². The summed E-state index contributed by atoms with van der Waals surface area (Å²) >= 11 is 1.49. The Labute approximate surface area is 95.4 Å². The Morgan fingerprint density at radius 3 is 2.94 bits per heavy atom. The van der Waals surface area contributed by atoms with Crippen LogP contribution in [0.5, 0.6) is 0 Å². The van der Waals surface area contributed by atoms with Crippen LogP contribution in [0.3, 0.4) is 0 Å². The van der Waals surface area contributed by atoms with Crippen LogP contribution in [-0.4, -0.2) is 9.97 Å². The number of para-hydroxylation sites is 1. The van der Waals surface area contributed by atoms with Gasteiger partial charge in [0.25, 0.3) is 5.69 Å². The van der Waals surface area contributed by atoms with E-state index in [9.17, 15) is 5.21 Å². The molecule has 0 saturated heterocycles. The fourth-order valence-corrected chi connectivity index (χ4v) is 2.45. The molecule has 2 aromatic heterocycles. The second-order valence-electron chi connectivity index (χ2n) is 3.27. The van der Waals surface area contributed by atoms with Crippen molar-refractivity contribution < 1.29 is 4.73 Å². The smallest absolute Gasteiger partial charge is 0.271 e. The molecule has 0 N–H and O–H groups in total. The van der Waals surface area contributed by atoms with Crippen LogP contribution in [0.2, 0.25) is 0 Å². The number of benzene rings is 1. The Balaban J connectivity index is 2.23. The second kappa shape index (κ2) is 3.53. The van der Waals surface area contributed by atoms with Gasteiger partial charge in [0, 0.05) is 0 Å². The van der Waals surface area contributed by atoms with Crippen LogP contribution >= 0.6 is 11.3 Å². The molecule has 1 aromatic carbocycles. The van der Waals surface area contributed by atoms with Crippen molar-refractivity contribution in [1.82, 2.24) is 9.97 Å². The minimum Gasteiger partial charge on any atom is -0.618 e. The largest absolute Gasteiger partial charge is 0.618 e. The highest BCUT2D eigenvalue weighted by atomic mass is 32.1. The molecule has 4 nitrogen and oxygen atoms in total. The van der Waals surface area contributed by atoms with Gasteiger partial charge in [0.15, 0.2) is 11.2 Å². The maximum atomic E-state index is 11.5. The maximum absolute atomic E-state index is 11.5. The molecular weight excluding hydrogens is 222 g/mol. The predicted octanol–water partition coefficient (Wildman–Crippen LogP) is 1.99. The third-order valence-electron chi connectivity index (χ3n) is 2.24. The summed E-state index contributed by atoms with van der Waals surface area (Å²) in [5, 5.41) is 12.2. The molecule has 5 heteroatoms. The van der Waals surface area contributed by atoms with Gasteiger partial charge in [-0.2, -0.15) is 4.73 Å². The molecule has 0 saturated carbocycles. The third kappa shape index (κ3) is 1.42. The monoisotopic (exact) mass is 229 g/mol. The van der Waals surface area contributed by atoms with E-state index in [1.807, 2.05) is 24.3 Å². The van der Waals surface area contributed by atoms with E-state index in [1.165, 1.54) is 29.9 Å². The Kier molecular flexibility index (Phi) is 2.04. The quantitative estimate of drug-likeness (QED) is 0.473. The number of fused-ring (bicyclic) bond motifs is 1. The highest BCUT2D eigenvalue weighted by molar-refractivity contribution is 7.21. The van der Waals surface area contributed by atoms with Gasteiger partial charge in [-0.15, -0.1) is 11.3 Å². The fraction of sp³-hybridized carbons (Fsp3) is 0. The molecule has 2 heterocycles. The van der Waals surface area contributed by atoms with Gasteiger partial charge in [-0.25, -0.2) is 4.98 Å². The number of hydrogen-bond acceptors (Lipinski definition) is 4. The van der Waals surface area contributed by atoms with E-state index < -0.39 is 0 Å². The van der Waals surface area contributed by atoms with Crippen molar-refractivity contribution in [3.05, 3.63) is 48.1 Å². The van der Waals surface area contributed by atoms with Crippen LogP contribution in [0, 0.1) is 5.21 Å². The highest BCUT2D eigenvalue weighted by Gasteiger charge is 2.13. The first kappa shape index (κ1) is 9.23. The van der Waals surface area contributed by atoms with Crippen LogP contribution in [0.4, 0.5) is 0 Å². The number of thiazole rings is 1. The van der Waals surface area contributed by atoms with Gasteiger partial charge in [0.2, 0.25) is 0 Å². The Morgan fingerprint density at radius 1 is 1.25 bits per heavy atom. The lowest BCUT2D eigenvalue weighted by molar-refractivity contribution is -0.594. The zero-order valence-corrected chi connectivity index (χ0v) is 9.02. The van der Waals surface area contributed by atoms with Gasteiger partial charge in [0.05, 0.1) is 16.4 Å². The standard InChI is InChI=1S/C11H7N3OS/c15-14-6-5-12-7-9(14)11-13-8-3-1-2-4-10(8)16-11/h1-7H. The van der Waals surface area contributed by atoms with Crippen LogP contribution in [0.1, 0.15) is 0 Å². The van der Waals surface area contributed by atoms with E-state index in [-0.39, 0.29) is 0 Å². The summed E-state index contributed by atoms with van der Waals surface area (Å²) in [5.41, 5.74) is 1.40. The van der Waals surface area contributed by atoms with Crippen molar-refractivity contribution in [2.75, 3.05) is 0 Å². The first-order chi connectivity index (χ1) is 7.84. The lowest BCUT2D eigenvalue weighted by Crippen LogP contribution is -2.28. The molecule has 0 fully saturated rings. The molecule has 0 aliphatic carbocycles. The van der Waals surface area contributed by atoms with E-state index in [0.717, 1.165) is 14.9 Å². The first-order valence-corrected chi connectivity index (χ1v) is 5.55. The summed E-state index contributed by atoms with van der Waals surface area (Å²) in [6.45, 7) is 0. The average molecular weight is 229 g/mol. The van der Waals surface area contributed by atoms with E-state index in [0.29, 0.717) is 10.7 Å². The molecule has 0 amide bonds. The summed E-state index contributed by atoms with van der Waals surface area (Å²) in [6, 6.07) is 7.81. The van der Waals surface area contributed by atoms with E-state index >= 15 is 0 Å². The molecule has 0 spiro atoms. The van der Waals surface area contributed by atoms with Crippen LogP contribution in [0.15, 0.2) is 42.9 Å². The summed E-state index contributed by atoms with van der Waals surface area (Å²) < 4.78 is 1.85. The molecule has 0 aliphatic rings. The Morgan fingerprint density at radius 2 is 2.12 bits per heavy atom. The van der Waals surface area contributed by atoms with Crippen molar-refractivity contribution in [3.63, 3.8) is 0 Å². The Bertz CT molecular complexity index is 617. The lowest BCUT2D eigenvalue weighted by Gasteiger charge is -1.98. The minimum atomic E-state index is 0.490. The van der Waals surface area contributed by atoms with E-state index in [1.54, 1.807) is 0 Å². The predicted molar refractivity (Wildman–Crippen MR) is 61.8 cm³/mol. The molecule has 0 atom stereocenters. The molecule has 0 bridgehead atoms. The highest BCUT2D eigenvalue weighted by Crippen LogP contribution is 2.27. The molecule has 16 heavy (non-hydrogen) atoms. The zero-order valence-electron chi connectivity index (χ0n) is 8.20. The van der Waals surface area contributed by atoms with Gasteiger partial charge < -0.3 is 5.21 Å². The van der Waals surface area contributed by atoms with Crippen LogP contribution in [-0.2, 0) is 0 Å². The first-order valence-electron chi connectivity index (χ1n) is 4.74. The van der Waals surface area contributed by atoms with Gasteiger partial charge in [-0.1, -0.05) is 12.1 Å². The van der Waals surface area contributed by atoms with Gasteiger partial charge in [-0.3, -0.25) is 4.98 Å². The molecule has 3 aromatic rings. The maximum Gasteiger partial charge on any atom is 0.271 e. The number of nitrogens with zero attached hydrogens (tertiary/aromatic N) is 3. The van der Waals surface area contributed by atoms with Gasteiger partial charge in [-0.05, 0) is 12.1 Å². The summed E-state index contributed by atoms with van der Waals surface area (Å²) in [6.07, 6.45) is 4.37. The minimum absolute atomic E-state index is 0.490. The average Bonchev–Trinajstić information content (AvgIpc) is 2.73. The SMILES string of the molecule is [O-][n+]1ccncc1-c1nc2ccccc2s1. The summed E-state index contributed by atoms with van der Waals surface area (Å²) in [5.74, 6) is 0. The van der Waals surface area contributed by atoms with E-state index in [4.69, 9.17) is 0 Å². The van der Waals surface area contributed by atoms with Gasteiger partial charge in [0.1, 0.15) is 6.20 Å². The molecule has 0 aliphatic heterocycles. The number of rotatable bonds is 1. The number of aromatic nitrogens is 3. The van der Waals surface area contributed by atoms with Crippen molar-refractivity contribution in [1.29, 1.82) is 0 Å². The normalized spacial score (nSPS) is 10.8. The molecule has 0 radical (unpaired) electrons. The van der Waals surface area contributed by atoms with E-state index in [2.05, 4.69) is 9.97 Å². The molecule has 78 valence electrons. The summed E-state index contributed by atoms with van der Waals surface area (Å²) in [7, 11) is 0. The van der Waals surface area contributed by atoms with Crippen molar-refractivity contribution in [3.8, 4) is 10.7 Å². The number of hydrogen-bond donors (Lipinski definition) is 0. The van der Waals surface area contributed by atoms with Crippen molar-refractivity contribution in [2.45, 2.75) is 0 Å². The molecule has 0 unspecified atom stereocenters. The molecular formula is C11H7N3OS. The van der Waals surface area contributed by atoms with Crippen LogP contribution in [0.25, 0.3) is 20.9 Å². The van der Waals surface area contributed by atoms with Gasteiger partial charge >= 0.3 is 0 Å². The lowest BCUT2D eigenvalue weighted by atomic mass is 10.3. The second-order valence-corrected chi connectivity index (χ2v) is 4.30. The topological polar surface area (TPSA) is 52.7 Å². The van der Waals surface area contributed by atoms with Crippen molar-refractivity contribution in [2.24, 2.45) is 0 Å². The third-order valence-corrected chi connectivity index (χ3v) is 3.29.